The van der Waals surface area contributed by atoms with E-state index in [0.717, 1.165) is 36.2 Å². The topological polar surface area (TPSA) is 20.3 Å². The van der Waals surface area contributed by atoms with E-state index in [1.165, 1.54) is 22.3 Å². The molecule has 3 aromatic rings. The summed E-state index contributed by atoms with van der Waals surface area (Å²) < 4.78 is 0. The van der Waals surface area contributed by atoms with E-state index < -0.39 is 0 Å². The van der Waals surface area contributed by atoms with Crippen LogP contribution in [0.2, 0.25) is 0 Å². The number of carbonyl (C=O) groups excluding carboxylic acids is 1. The number of hydrogen-bond acceptors (Lipinski definition) is 2. The summed E-state index contributed by atoms with van der Waals surface area (Å²) in [5, 5.41) is 0. The molecule has 0 bridgehead atoms. The van der Waals surface area contributed by atoms with E-state index >= 15 is 0 Å². The number of benzene rings is 3. The van der Waals surface area contributed by atoms with E-state index in [2.05, 4.69) is 73.3 Å². The Hall–Kier alpha value is -2.87. The van der Waals surface area contributed by atoms with Crippen molar-refractivity contribution in [2.24, 2.45) is 0 Å². The number of nitrogens with zero attached hydrogens (tertiary/aromatic N) is 1. The van der Waals surface area contributed by atoms with Gasteiger partial charge in [-0.15, -0.1) is 0 Å². The highest BCUT2D eigenvalue weighted by Crippen LogP contribution is 2.23. The maximum atomic E-state index is 11.1. The highest BCUT2D eigenvalue weighted by Gasteiger charge is 2.10. The van der Waals surface area contributed by atoms with Crippen LogP contribution in [0.25, 0.3) is 0 Å². The normalized spacial score (nSPS) is 10.6. The maximum Gasteiger partial charge on any atom is 0.150 e. The predicted molar refractivity (Wildman–Crippen MR) is 109 cm³/mol. The standard InChI is InChI=1S/C24H25NO/c1-18-4-8-21(9-5-18)15-25(16-22-10-6-19(2)7-11-22)24-13-12-23(17-26)20(3)14-24/h4-14,17H,15-16H2,1-3H3. The van der Waals surface area contributed by atoms with Gasteiger partial charge < -0.3 is 4.90 Å². The van der Waals surface area contributed by atoms with Crippen LogP contribution in [0.4, 0.5) is 5.69 Å². The fourth-order valence-corrected chi connectivity index (χ4v) is 3.06. The van der Waals surface area contributed by atoms with Crippen molar-refractivity contribution >= 4 is 12.0 Å². The maximum absolute atomic E-state index is 11.1. The second kappa shape index (κ2) is 8.01. The molecule has 0 heterocycles. The molecule has 0 spiro atoms. The Bertz CT molecular complexity index is 832. The Morgan fingerprint density at radius 1 is 0.731 bits per heavy atom. The molecule has 0 aliphatic heterocycles. The van der Waals surface area contributed by atoms with Crippen LogP contribution in [0.3, 0.4) is 0 Å². The van der Waals surface area contributed by atoms with Gasteiger partial charge in [0, 0.05) is 24.3 Å². The van der Waals surface area contributed by atoms with Crippen molar-refractivity contribution in [3.63, 3.8) is 0 Å². The van der Waals surface area contributed by atoms with Gasteiger partial charge in [0.15, 0.2) is 0 Å². The molecule has 3 rings (SSSR count). The van der Waals surface area contributed by atoms with Gasteiger partial charge in [0.25, 0.3) is 0 Å². The molecule has 26 heavy (non-hydrogen) atoms. The third-order valence-electron chi connectivity index (χ3n) is 4.73. The van der Waals surface area contributed by atoms with Crippen molar-refractivity contribution in [2.75, 3.05) is 4.90 Å². The summed E-state index contributed by atoms with van der Waals surface area (Å²) in [5.41, 5.74) is 7.98. The lowest BCUT2D eigenvalue weighted by molar-refractivity contribution is 0.112. The summed E-state index contributed by atoms with van der Waals surface area (Å²) in [6.07, 6.45) is 0.920. The number of carbonyl (C=O) groups is 1. The second-order valence-corrected chi connectivity index (χ2v) is 6.99. The Balaban J connectivity index is 1.91. The first kappa shape index (κ1) is 17.9. The number of aldehydes is 1. The molecule has 0 amide bonds. The third-order valence-corrected chi connectivity index (χ3v) is 4.73. The molecule has 0 fully saturated rings. The molecule has 0 N–H and O–H groups in total. The smallest absolute Gasteiger partial charge is 0.150 e. The summed E-state index contributed by atoms with van der Waals surface area (Å²) >= 11 is 0. The van der Waals surface area contributed by atoms with Crippen LogP contribution in [-0.2, 0) is 13.1 Å². The van der Waals surface area contributed by atoms with Gasteiger partial charge >= 0.3 is 0 Å². The molecule has 0 radical (unpaired) electrons. The van der Waals surface area contributed by atoms with E-state index in [0.29, 0.717) is 0 Å². The van der Waals surface area contributed by atoms with Crippen LogP contribution >= 0.6 is 0 Å². The van der Waals surface area contributed by atoms with Gasteiger partial charge in [-0.3, -0.25) is 4.79 Å². The van der Waals surface area contributed by atoms with Crippen molar-refractivity contribution in [2.45, 2.75) is 33.9 Å². The van der Waals surface area contributed by atoms with Crippen molar-refractivity contribution in [1.29, 1.82) is 0 Å². The summed E-state index contributed by atoms with van der Waals surface area (Å²) in [6, 6.07) is 23.4. The fraction of sp³-hybridized carbons (Fsp3) is 0.208. The second-order valence-electron chi connectivity index (χ2n) is 6.99. The zero-order chi connectivity index (χ0) is 18.5. The quantitative estimate of drug-likeness (QED) is 0.541. The Morgan fingerprint density at radius 2 is 1.23 bits per heavy atom. The zero-order valence-electron chi connectivity index (χ0n) is 15.7. The molecular formula is C24H25NO. The minimum atomic E-state index is 0.749. The van der Waals surface area contributed by atoms with Crippen LogP contribution in [0.5, 0.6) is 0 Å². The van der Waals surface area contributed by atoms with E-state index in [4.69, 9.17) is 0 Å². The van der Waals surface area contributed by atoms with Gasteiger partial charge in [-0.25, -0.2) is 0 Å². The zero-order valence-corrected chi connectivity index (χ0v) is 15.7. The van der Waals surface area contributed by atoms with Crippen molar-refractivity contribution in [1.82, 2.24) is 0 Å². The monoisotopic (exact) mass is 343 g/mol. The van der Waals surface area contributed by atoms with E-state index in [-0.39, 0.29) is 0 Å². The average Bonchev–Trinajstić information content (AvgIpc) is 2.64. The van der Waals surface area contributed by atoms with Gasteiger partial charge in [-0.1, -0.05) is 59.7 Å². The van der Waals surface area contributed by atoms with Gasteiger partial charge in [-0.2, -0.15) is 0 Å². The molecule has 3 aromatic carbocycles. The Kier molecular flexibility index (Phi) is 5.52. The van der Waals surface area contributed by atoms with E-state index in [1.54, 1.807) is 0 Å². The molecule has 132 valence electrons. The Labute approximate surface area is 156 Å². The average molecular weight is 343 g/mol. The van der Waals surface area contributed by atoms with Crippen LogP contribution in [-0.4, -0.2) is 6.29 Å². The van der Waals surface area contributed by atoms with Crippen LogP contribution < -0.4 is 4.90 Å². The summed E-state index contributed by atoms with van der Waals surface area (Å²) in [4.78, 5) is 13.5. The number of rotatable bonds is 6. The van der Waals surface area contributed by atoms with E-state index in [9.17, 15) is 4.79 Å². The molecule has 2 heteroatoms. The first-order valence-corrected chi connectivity index (χ1v) is 8.97. The summed E-state index contributed by atoms with van der Waals surface area (Å²) in [7, 11) is 0. The molecule has 0 aromatic heterocycles. The minimum Gasteiger partial charge on any atom is -0.363 e. The van der Waals surface area contributed by atoms with Gasteiger partial charge in [-0.05, 0) is 55.7 Å². The van der Waals surface area contributed by atoms with Crippen molar-refractivity contribution < 1.29 is 4.79 Å². The fourth-order valence-electron chi connectivity index (χ4n) is 3.06. The van der Waals surface area contributed by atoms with Crippen LogP contribution in [0.1, 0.15) is 38.2 Å². The molecule has 0 aliphatic rings. The lowest BCUT2D eigenvalue weighted by atomic mass is 10.1. The molecule has 0 saturated carbocycles. The predicted octanol–water partition coefficient (Wildman–Crippen LogP) is 5.63. The molecule has 0 unspecified atom stereocenters. The van der Waals surface area contributed by atoms with Gasteiger partial charge in [0.2, 0.25) is 0 Å². The largest absolute Gasteiger partial charge is 0.363 e. The number of aryl methyl sites for hydroxylation is 3. The third kappa shape index (κ3) is 4.40. The molecular weight excluding hydrogens is 318 g/mol. The summed E-state index contributed by atoms with van der Waals surface area (Å²) in [5.74, 6) is 0. The molecule has 0 atom stereocenters. The lowest BCUT2D eigenvalue weighted by Gasteiger charge is -2.26. The lowest BCUT2D eigenvalue weighted by Crippen LogP contribution is -2.22. The molecule has 2 nitrogen and oxygen atoms in total. The highest BCUT2D eigenvalue weighted by molar-refractivity contribution is 5.78. The first-order valence-electron chi connectivity index (χ1n) is 8.97. The van der Waals surface area contributed by atoms with Gasteiger partial charge in [0.05, 0.1) is 0 Å². The van der Waals surface area contributed by atoms with Crippen molar-refractivity contribution in [3.8, 4) is 0 Å². The van der Waals surface area contributed by atoms with Crippen LogP contribution in [0, 0.1) is 20.8 Å². The van der Waals surface area contributed by atoms with Crippen LogP contribution in [0.15, 0.2) is 66.7 Å². The minimum absolute atomic E-state index is 0.749. The first-order chi connectivity index (χ1) is 12.5. The molecule has 0 saturated heterocycles. The molecule has 0 aliphatic carbocycles. The van der Waals surface area contributed by atoms with Gasteiger partial charge in [0.1, 0.15) is 6.29 Å². The summed E-state index contributed by atoms with van der Waals surface area (Å²) in [6.45, 7) is 7.86. The Morgan fingerprint density at radius 3 is 1.65 bits per heavy atom. The highest BCUT2D eigenvalue weighted by atomic mass is 16.1. The van der Waals surface area contributed by atoms with Crippen molar-refractivity contribution in [3.05, 3.63) is 100 Å². The van der Waals surface area contributed by atoms with E-state index in [1.807, 2.05) is 19.1 Å². The number of anilines is 1. The number of hydrogen-bond donors (Lipinski definition) is 0. The SMILES string of the molecule is Cc1ccc(CN(Cc2ccc(C)cc2)c2ccc(C=O)c(C)c2)cc1.